The van der Waals surface area contributed by atoms with Gasteiger partial charge in [-0.25, -0.2) is 0 Å². The van der Waals surface area contributed by atoms with Crippen LogP contribution in [0.4, 0.5) is 0 Å². The van der Waals surface area contributed by atoms with Gasteiger partial charge in [0.15, 0.2) is 6.29 Å². The van der Waals surface area contributed by atoms with Crippen molar-refractivity contribution < 1.29 is 4.79 Å². The Morgan fingerprint density at radius 1 is 1.20 bits per heavy atom. The Balaban J connectivity index is 2.76. The highest BCUT2D eigenvalue weighted by molar-refractivity contribution is 5.99. The minimum absolute atomic E-state index is 0.499. The highest BCUT2D eigenvalue weighted by Gasteiger charge is 2.04. The monoisotopic (exact) mass is 194 g/mol. The number of fused-ring (bicyclic) bond motifs is 1. The molecule has 0 saturated carbocycles. The van der Waals surface area contributed by atoms with Crippen LogP contribution in [0.25, 0.3) is 10.8 Å². The standard InChI is InChI=1S/C14H10O/c1-2-5-11-8-9-12-6-3-4-7-13(12)14(11)10-15/h1,3-4,6-10H,5H2. The molecule has 0 N–H and O–H groups in total. The van der Waals surface area contributed by atoms with Crippen molar-refractivity contribution >= 4 is 17.1 Å². The van der Waals surface area contributed by atoms with Crippen molar-refractivity contribution in [1.29, 1.82) is 0 Å². The zero-order chi connectivity index (χ0) is 10.7. The zero-order valence-corrected chi connectivity index (χ0v) is 8.23. The SMILES string of the molecule is C#CCc1ccc2ccccc2c1C=O. The Morgan fingerprint density at radius 2 is 2.00 bits per heavy atom. The quantitative estimate of drug-likeness (QED) is 0.530. The summed E-state index contributed by atoms with van der Waals surface area (Å²) in [6, 6.07) is 11.7. The maximum atomic E-state index is 11.0. The molecule has 0 spiro atoms. The Morgan fingerprint density at radius 3 is 2.73 bits per heavy atom. The molecule has 0 atom stereocenters. The van der Waals surface area contributed by atoms with Gasteiger partial charge in [0, 0.05) is 12.0 Å². The average molecular weight is 194 g/mol. The highest BCUT2D eigenvalue weighted by Crippen LogP contribution is 2.21. The first-order chi connectivity index (χ1) is 7.36. The summed E-state index contributed by atoms with van der Waals surface area (Å²) in [4.78, 5) is 11.0. The van der Waals surface area contributed by atoms with Crippen LogP contribution in [-0.4, -0.2) is 6.29 Å². The van der Waals surface area contributed by atoms with E-state index >= 15 is 0 Å². The molecule has 15 heavy (non-hydrogen) atoms. The van der Waals surface area contributed by atoms with Gasteiger partial charge < -0.3 is 0 Å². The molecule has 0 radical (unpaired) electrons. The number of aldehydes is 1. The van der Waals surface area contributed by atoms with Gasteiger partial charge in [0.2, 0.25) is 0 Å². The molecule has 0 aromatic heterocycles. The van der Waals surface area contributed by atoms with Crippen LogP contribution < -0.4 is 0 Å². The van der Waals surface area contributed by atoms with Crippen LogP contribution in [0.2, 0.25) is 0 Å². The van der Waals surface area contributed by atoms with Crippen LogP contribution in [0.1, 0.15) is 15.9 Å². The second-order valence-corrected chi connectivity index (χ2v) is 3.36. The summed E-state index contributed by atoms with van der Waals surface area (Å²) in [5.74, 6) is 2.56. The van der Waals surface area contributed by atoms with Gasteiger partial charge in [-0.05, 0) is 16.3 Å². The van der Waals surface area contributed by atoms with Gasteiger partial charge in [-0.15, -0.1) is 12.3 Å². The van der Waals surface area contributed by atoms with Crippen LogP contribution >= 0.6 is 0 Å². The topological polar surface area (TPSA) is 17.1 Å². The van der Waals surface area contributed by atoms with Crippen LogP contribution in [0, 0.1) is 12.3 Å². The zero-order valence-electron chi connectivity index (χ0n) is 8.23. The van der Waals surface area contributed by atoms with Gasteiger partial charge in [0.05, 0.1) is 0 Å². The van der Waals surface area contributed by atoms with Gasteiger partial charge in [0.25, 0.3) is 0 Å². The second-order valence-electron chi connectivity index (χ2n) is 3.36. The maximum Gasteiger partial charge on any atom is 0.150 e. The first-order valence-corrected chi connectivity index (χ1v) is 4.76. The second kappa shape index (κ2) is 3.98. The lowest BCUT2D eigenvalue weighted by Gasteiger charge is -2.05. The molecule has 1 nitrogen and oxygen atoms in total. The summed E-state index contributed by atoms with van der Waals surface area (Å²) >= 11 is 0. The fraction of sp³-hybridized carbons (Fsp3) is 0.0714. The van der Waals surface area contributed by atoms with E-state index in [1.165, 1.54) is 0 Å². The number of carbonyl (C=O) groups excluding carboxylic acids is 1. The molecule has 72 valence electrons. The van der Waals surface area contributed by atoms with Crippen molar-refractivity contribution in [3.8, 4) is 12.3 Å². The summed E-state index contributed by atoms with van der Waals surface area (Å²) in [5.41, 5.74) is 1.64. The third kappa shape index (κ3) is 1.62. The molecule has 2 aromatic carbocycles. The molecule has 0 unspecified atom stereocenters. The summed E-state index contributed by atoms with van der Waals surface area (Å²) in [6.07, 6.45) is 6.65. The molecule has 2 rings (SSSR count). The largest absolute Gasteiger partial charge is 0.298 e. The smallest absolute Gasteiger partial charge is 0.150 e. The fourth-order valence-electron chi connectivity index (χ4n) is 1.74. The third-order valence-corrected chi connectivity index (χ3v) is 2.47. The van der Waals surface area contributed by atoms with Crippen molar-refractivity contribution in [1.82, 2.24) is 0 Å². The predicted molar refractivity (Wildman–Crippen MR) is 61.9 cm³/mol. The van der Waals surface area contributed by atoms with E-state index < -0.39 is 0 Å². The molecule has 0 aliphatic carbocycles. The number of carbonyl (C=O) groups is 1. The third-order valence-electron chi connectivity index (χ3n) is 2.47. The van der Waals surface area contributed by atoms with Crippen LogP contribution in [0.5, 0.6) is 0 Å². The Bertz CT molecular complexity index is 547. The van der Waals surface area contributed by atoms with Crippen molar-refractivity contribution in [2.75, 3.05) is 0 Å². The first-order valence-electron chi connectivity index (χ1n) is 4.76. The van der Waals surface area contributed by atoms with E-state index in [1.807, 2.05) is 36.4 Å². The van der Waals surface area contributed by atoms with Crippen LogP contribution in [0.15, 0.2) is 36.4 Å². The normalized spacial score (nSPS) is 9.80. The lowest BCUT2D eigenvalue weighted by Crippen LogP contribution is -1.92. The Kier molecular flexibility index (Phi) is 2.51. The lowest BCUT2D eigenvalue weighted by molar-refractivity contribution is 0.112. The van der Waals surface area contributed by atoms with E-state index in [0.29, 0.717) is 12.0 Å². The van der Waals surface area contributed by atoms with Crippen molar-refractivity contribution in [3.05, 3.63) is 47.5 Å². The van der Waals surface area contributed by atoms with Crippen LogP contribution in [0.3, 0.4) is 0 Å². The minimum Gasteiger partial charge on any atom is -0.298 e. The van der Waals surface area contributed by atoms with E-state index in [-0.39, 0.29) is 0 Å². The number of rotatable bonds is 2. The molecule has 0 heterocycles. The molecule has 0 aliphatic rings. The number of benzene rings is 2. The van der Waals surface area contributed by atoms with E-state index in [2.05, 4.69) is 5.92 Å². The summed E-state index contributed by atoms with van der Waals surface area (Å²) in [6.45, 7) is 0. The summed E-state index contributed by atoms with van der Waals surface area (Å²) in [5, 5.41) is 2.04. The van der Waals surface area contributed by atoms with E-state index in [0.717, 1.165) is 22.6 Å². The maximum absolute atomic E-state index is 11.0. The predicted octanol–water partition coefficient (Wildman–Crippen LogP) is 2.83. The summed E-state index contributed by atoms with van der Waals surface area (Å²) in [7, 11) is 0. The van der Waals surface area contributed by atoms with Crippen molar-refractivity contribution in [2.45, 2.75) is 6.42 Å². The molecule has 0 amide bonds. The average Bonchev–Trinajstić information content (AvgIpc) is 2.29. The molecule has 0 saturated heterocycles. The summed E-state index contributed by atoms with van der Waals surface area (Å²) < 4.78 is 0. The minimum atomic E-state index is 0.499. The van der Waals surface area contributed by atoms with Gasteiger partial charge in [-0.1, -0.05) is 36.4 Å². The van der Waals surface area contributed by atoms with E-state index in [9.17, 15) is 4.79 Å². The van der Waals surface area contributed by atoms with E-state index in [4.69, 9.17) is 6.42 Å². The van der Waals surface area contributed by atoms with E-state index in [1.54, 1.807) is 0 Å². The number of hydrogen-bond acceptors (Lipinski definition) is 1. The first kappa shape index (κ1) is 9.48. The highest BCUT2D eigenvalue weighted by atomic mass is 16.1. The molecular weight excluding hydrogens is 184 g/mol. The molecule has 0 fully saturated rings. The Hall–Kier alpha value is -2.07. The van der Waals surface area contributed by atoms with Crippen molar-refractivity contribution in [3.63, 3.8) is 0 Å². The number of hydrogen-bond donors (Lipinski definition) is 0. The van der Waals surface area contributed by atoms with Crippen molar-refractivity contribution in [2.24, 2.45) is 0 Å². The van der Waals surface area contributed by atoms with Crippen LogP contribution in [-0.2, 0) is 6.42 Å². The molecule has 0 bridgehead atoms. The van der Waals surface area contributed by atoms with Gasteiger partial charge in [-0.3, -0.25) is 4.79 Å². The molecule has 0 aliphatic heterocycles. The Labute approximate surface area is 88.7 Å². The molecular formula is C14H10O. The molecule has 1 heteroatoms. The number of terminal acetylenes is 1. The van der Waals surface area contributed by atoms with Gasteiger partial charge in [0.1, 0.15) is 0 Å². The fourth-order valence-corrected chi connectivity index (χ4v) is 1.74. The molecule has 2 aromatic rings. The lowest BCUT2D eigenvalue weighted by atomic mass is 9.98. The van der Waals surface area contributed by atoms with Gasteiger partial charge in [-0.2, -0.15) is 0 Å². The van der Waals surface area contributed by atoms with Gasteiger partial charge >= 0.3 is 0 Å².